The highest BCUT2D eigenvalue weighted by molar-refractivity contribution is 5.81. The van der Waals surface area contributed by atoms with Crippen LogP contribution in [0.25, 0.3) is 0 Å². The molecular formula is C27H34N2O6. The first-order valence-corrected chi connectivity index (χ1v) is 12.5. The summed E-state index contributed by atoms with van der Waals surface area (Å²) in [6, 6.07) is 11.9. The number of fused-ring (bicyclic) bond motifs is 2. The zero-order chi connectivity index (χ0) is 24.2. The van der Waals surface area contributed by atoms with Crippen molar-refractivity contribution in [3.8, 4) is 23.0 Å². The van der Waals surface area contributed by atoms with Crippen molar-refractivity contribution in [3.05, 3.63) is 47.5 Å². The van der Waals surface area contributed by atoms with Gasteiger partial charge in [0.15, 0.2) is 23.0 Å². The second-order valence-electron chi connectivity index (χ2n) is 9.69. The summed E-state index contributed by atoms with van der Waals surface area (Å²) in [7, 11) is 0. The largest absolute Gasteiger partial charge is 0.490 e. The van der Waals surface area contributed by atoms with Gasteiger partial charge in [0, 0.05) is 44.7 Å². The van der Waals surface area contributed by atoms with Gasteiger partial charge in [0.1, 0.15) is 6.10 Å². The van der Waals surface area contributed by atoms with Crippen LogP contribution in [0.5, 0.6) is 23.0 Å². The minimum Gasteiger partial charge on any atom is -0.490 e. The van der Waals surface area contributed by atoms with Gasteiger partial charge in [-0.1, -0.05) is 32.0 Å². The lowest BCUT2D eigenvalue weighted by Crippen LogP contribution is -2.51. The van der Waals surface area contributed by atoms with Crippen LogP contribution in [0.15, 0.2) is 36.4 Å². The molecule has 8 nitrogen and oxygen atoms in total. The van der Waals surface area contributed by atoms with E-state index in [-0.39, 0.29) is 12.7 Å². The minimum absolute atomic E-state index is 0.0217. The number of carbonyl (C=O) groups excluding carboxylic acids is 1. The van der Waals surface area contributed by atoms with E-state index >= 15 is 0 Å². The topological polar surface area (TPSA) is 69.7 Å². The third-order valence-corrected chi connectivity index (χ3v) is 6.38. The monoisotopic (exact) mass is 482 g/mol. The number of hydrogen-bond acceptors (Lipinski definition) is 7. The molecule has 0 N–H and O–H groups in total. The van der Waals surface area contributed by atoms with Crippen molar-refractivity contribution < 1.29 is 28.5 Å². The van der Waals surface area contributed by atoms with Gasteiger partial charge in [0.25, 0.3) is 5.91 Å². The summed E-state index contributed by atoms with van der Waals surface area (Å²) >= 11 is 0. The maximum atomic E-state index is 13.6. The molecule has 8 heteroatoms. The average Bonchev–Trinajstić information content (AvgIpc) is 3.22. The molecule has 1 amide bonds. The molecule has 3 aliphatic heterocycles. The highest BCUT2D eigenvalue weighted by atomic mass is 16.7. The normalized spacial score (nSPS) is 19.5. The summed E-state index contributed by atoms with van der Waals surface area (Å²) in [6.45, 7) is 9.47. The van der Waals surface area contributed by atoms with Gasteiger partial charge in [-0.25, -0.2) is 0 Å². The van der Waals surface area contributed by atoms with Crippen LogP contribution in [0, 0.1) is 5.92 Å². The van der Waals surface area contributed by atoms with Gasteiger partial charge < -0.3 is 28.6 Å². The van der Waals surface area contributed by atoms with Gasteiger partial charge in [0.05, 0.1) is 19.8 Å². The molecule has 3 heterocycles. The number of rotatable bonds is 7. The third kappa shape index (κ3) is 5.65. The quantitative estimate of drug-likeness (QED) is 0.599. The van der Waals surface area contributed by atoms with Crippen LogP contribution in [-0.2, 0) is 22.6 Å². The molecule has 1 unspecified atom stereocenters. The molecule has 0 spiro atoms. The first-order chi connectivity index (χ1) is 17.1. The molecule has 2 aromatic rings. The molecule has 35 heavy (non-hydrogen) atoms. The molecule has 0 bridgehead atoms. The molecule has 0 aliphatic carbocycles. The van der Waals surface area contributed by atoms with Crippen molar-refractivity contribution in [2.24, 2.45) is 5.92 Å². The molecule has 2 aromatic carbocycles. The fraction of sp³-hybridized carbons (Fsp3) is 0.519. The van der Waals surface area contributed by atoms with Crippen molar-refractivity contribution in [2.75, 3.05) is 46.2 Å². The molecule has 3 aliphatic rings. The predicted octanol–water partition coefficient (Wildman–Crippen LogP) is 3.46. The summed E-state index contributed by atoms with van der Waals surface area (Å²) in [5.41, 5.74) is 2.09. The van der Waals surface area contributed by atoms with Gasteiger partial charge in [-0.3, -0.25) is 9.69 Å². The zero-order valence-corrected chi connectivity index (χ0v) is 20.5. The van der Waals surface area contributed by atoms with E-state index in [4.69, 9.17) is 23.7 Å². The van der Waals surface area contributed by atoms with E-state index in [9.17, 15) is 4.79 Å². The third-order valence-electron chi connectivity index (χ3n) is 6.38. The van der Waals surface area contributed by atoms with E-state index in [1.54, 1.807) is 0 Å². The van der Waals surface area contributed by atoms with Crippen molar-refractivity contribution >= 4 is 5.91 Å². The fourth-order valence-electron chi connectivity index (χ4n) is 4.75. The number of carbonyl (C=O) groups is 1. The Labute approximate surface area is 206 Å². The second-order valence-corrected chi connectivity index (χ2v) is 9.69. The van der Waals surface area contributed by atoms with E-state index in [1.165, 1.54) is 0 Å². The van der Waals surface area contributed by atoms with Gasteiger partial charge in [0.2, 0.25) is 6.79 Å². The van der Waals surface area contributed by atoms with Crippen molar-refractivity contribution in [1.82, 2.24) is 9.80 Å². The maximum Gasteiger partial charge on any atom is 0.253 e. The lowest BCUT2D eigenvalue weighted by molar-refractivity contribution is -0.151. The fourth-order valence-corrected chi connectivity index (χ4v) is 4.75. The lowest BCUT2D eigenvalue weighted by Gasteiger charge is -2.35. The highest BCUT2D eigenvalue weighted by Gasteiger charge is 2.31. The summed E-state index contributed by atoms with van der Waals surface area (Å²) in [6.07, 6.45) is 0.361. The number of para-hydroxylation sites is 1. The molecule has 0 radical (unpaired) electrons. The van der Waals surface area contributed by atoms with Crippen molar-refractivity contribution in [1.29, 1.82) is 0 Å². The predicted molar refractivity (Wildman–Crippen MR) is 130 cm³/mol. The Morgan fingerprint density at radius 1 is 1.03 bits per heavy atom. The van der Waals surface area contributed by atoms with Crippen LogP contribution >= 0.6 is 0 Å². The number of amides is 1. The Bertz CT molecular complexity index is 1040. The molecule has 188 valence electrons. The van der Waals surface area contributed by atoms with E-state index < -0.39 is 6.10 Å². The van der Waals surface area contributed by atoms with E-state index in [2.05, 4.69) is 24.8 Å². The van der Waals surface area contributed by atoms with Crippen LogP contribution in [0.3, 0.4) is 0 Å². The molecular weight excluding hydrogens is 448 g/mol. The SMILES string of the molecule is CC(C)CN(Cc1ccc2c(c1)OCCCO2)C(=O)C1CN(Cc2cccc3c2OCO3)CCO1. The van der Waals surface area contributed by atoms with E-state index in [0.29, 0.717) is 51.9 Å². The van der Waals surface area contributed by atoms with Crippen molar-refractivity contribution in [3.63, 3.8) is 0 Å². The molecule has 5 rings (SSSR count). The van der Waals surface area contributed by atoms with Gasteiger partial charge in [-0.2, -0.15) is 0 Å². The number of nitrogens with zero attached hydrogens (tertiary/aromatic N) is 2. The van der Waals surface area contributed by atoms with Crippen LogP contribution in [0.2, 0.25) is 0 Å². The van der Waals surface area contributed by atoms with Gasteiger partial charge >= 0.3 is 0 Å². The van der Waals surface area contributed by atoms with E-state index in [1.807, 2.05) is 35.2 Å². The molecule has 0 aromatic heterocycles. The Hall–Kier alpha value is -2.97. The lowest BCUT2D eigenvalue weighted by atomic mass is 10.1. The summed E-state index contributed by atoms with van der Waals surface area (Å²) in [5.74, 6) is 3.45. The molecule has 1 saturated heterocycles. The minimum atomic E-state index is -0.503. The first-order valence-electron chi connectivity index (χ1n) is 12.5. The summed E-state index contributed by atoms with van der Waals surface area (Å²) in [5, 5.41) is 0. The van der Waals surface area contributed by atoms with Gasteiger partial charge in [-0.15, -0.1) is 0 Å². The second kappa shape index (κ2) is 10.7. The number of benzene rings is 2. The van der Waals surface area contributed by atoms with Crippen LogP contribution < -0.4 is 18.9 Å². The zero-order valence-electron chi connectivity index (χ0n) is 20.5. The Morgan fingerprint density at radius 3 is 2.74 bits per heavy atom. The number of hydrogen-bond donors (Lipinski definition) is 0. The Morgan fingerprint density at radius 2 is 1.89 bits per heavy atom. The number of morpholine rings is 1. The summed E-state index contributed by atoms with van der Waals surface area (Å²) in [4.78, 5) is 17.8. The molecule has 1 fully saturated rings. The number of ether oxygens (including phenoxy) is 5. The molecule has 0 saturated carbocycles. The van der Waals surface area contributed by atoms with Crippen molar-refractivity contribution in [2.45, 2.75) is 39.5 Å². The first kappa shape index (κ1) is 23.8. The summed E-state index contributed by atoms with van der Waals surface area (Å²) < 4.78 is 28.8. The Kier molecular flexibility index (Phi) is 7.29. The molecule has 1 atom stereocenters. The standard InChI is InChI=1S/C27H34N2O6/c1-19(2)14-29(15-20-7-8-22-24(13-20)32-11-4-10-31-22)27(30)25-17-28(9-12-33-25)16-21-5-3-6-23-26(21)35-18-34-23/h3,5-8,13,19,25H,4,9-12,14-18H2,1-2H3. The Balaban J connectivity index is 1.27. The smallest absolute Gasteiger partial charge is 0.253 e. The van der Waals surface area contributed by atoms with E-state index in [0.717, 1.165) is 47.1 Å². The maximum absolute atomic E-state index is 13.6. The van der Waals surface area contributed by atoms with Crippen LogP contribution in [-0.4, -0.2) is 68.1 Å². The highest BCUT2D eigenvalue weighted by Crippen LogP contribution is 2.36. The van der Waals surface area contributed by atoms with Gasteiger partial charge in [-0.05, 0) is 29.7 Å². The average molecular weight is 483 g/mol. The van der Waals surface area contributed by atoms with Crippen LogP contribution in [0.1, 0.15) is 31.4 Å². The van der Waals surface area contributed by atoms with Crippen LogP contribution in [0.4, 0.5) is 0 Å².